The van der Waals surface area contributed by atoms with E-state index in [1.807, 2.05) is 18.3 Å². The Bertz CT molecular complexity index is 2580. The molecule has 9 aromatic rings. The van der Waals surface area contributed by atoms with E-state index in [9.17, 15) is 0 Å². The zero-order valence-corrected chi connectivity index (χ0v) is 26.2. The van der Waals surface area contributed by atoms with Crippen LogP contribution in [-0.2, 0) is 0 Å². The molecule has 9 rings (SSSR count). The minimum atomic E-state index is 0.709. The van der Waals surface area contributed by atoms with Gasteiger partial charge in [-0.2, -0.15) is 0 Å². The number of fused-ring (bicyclic) bond motifs is 6. The summed E-state index contributed by atoms with van der Waals surface area (Å²) in [5, 5.41) is 7.69. The summed E-state index contributed by atoms with van der Waals surface area (Å²) in [5.41, 5.74) is 10.0. The molecule has 8 aromatic carbocycles. The largest absolute Gasteiger partial charge is 0.237 e. The van der Waals surface area contributed by atoms with Crippen LogP contribution < -0.4 is 0 Å². The fourth-order valence-electron chi connectivity index (χ4n) is 7.03. The van der Waals surface area contributed by atoms with Crippen molar-refractivity contribution in [3.05, 3.63) is 182 Å². The monoisotopic (exact) mass is 610 g/mol. The van der Waals surface area contributed by atoms with Crippen molar-refractivity contribution in [1.29, 1.82) is 0 Å². The van der Waals surface area contributed by atoms with Crippen LogP contribution in [0.25, 0.3) is 88.3 Å². The number of rotatable bonds is 5. The lowest BCUT2D eigenvalue weighted by atomic mass is 9.89. The summed E-state index contributed by atoms with van der Waals surface area (Å²) in [6.45, 7) is 0. The Morgan fingerprint density at radius 2 is 0.792 bits per heavy atom. The fourth-order valence-corrected chi connectivity index (χ4v) is 7.03. The van der Waals surface area contributed by atoms with Crippen LogP contribution in [0.5, 0.6) is 0 Å². The van der Waals surface area contributed by atoms with E-state index < -0.39 is 0 Å². The molecule has 0 aliphatic rings. The van der Waals surface area contributed by atoms with Gasteiger partial charge in [0.2, 0.25) is 0 Å². The Balaban J connectivity index is 1.12. The van der Waals surface area contributed by atoms with Crippen molar-refractivity contribution >= 4 is 32.3 Å². The first kappa shape index (κ1) is 27.9. The van der Waals surface area contributed by atoms with E-state index in [1.54, 1.807) is 0 Å². The van der Waals surface area contributed by atoms with E-state index in [0.29, 0.717) is 5.82 Å². The zero-order chi connectivity index (χ0) is 31.9. The van der Waals surface area contributed by atoms with Gasteiger partial charge >= 0.3 is 0 Å². The molecule has 0 amide bonds. The molecule has 224 valence electrons. The van der Waals surface area contributed by atoms with E-state index in [4.69, 9.17) is 9.97 Å². The third kappa shape index (κ3) is 4.92. The van der Waals surface area contributed by atoms with Gasteiger partial charge in [-0.3, -0.25) is 0 Å². The first-order valence-electron chi connectivity index (χ1n) is 16.3. The molecular weight excluding hydrogens is 581 g/mol. The Hall–Kier alpha value is -6.38. The lowest BCUT2D eigenvalue weighted by Gasteiger charge is -2.14. The maximum absolute atomic E-state index is 5.04. The summed E-state index contributed by atoms with van der Waals surface area (Å²) in [7, 11) is 0. The Morgan fingerprint density at radius 1 is 0.292 bits per heavy atom. The van der Waals surface area contributed by atoms with Gasteiger partial charge in [0.25, 0.3) is 0 Å². The molecule has 0 fully saturated rings. The van der Waals surface area contributed by atoms with Crippen molar-refractivity contribution in [3.63, 3.8) is 0 Å². The topological polar surface area (TPSA) is 25.8 Å². The molecule has 0 spiro atoms. The van der Waals surface area contributed by atoms with Crippen LogP contribution in [0.2, 0.25) is 0 Å². The van der Waals surface area contributed by atoms with Crippen molar-refractivity contribution in [2.75, 3.05) is 0 Å². The molecule has 0 bridgehead atoms. The van der Waals surface area contributed by atoms with Crippen LogP contribution in [0.3, 0.4) is 0 Å². The van der Waals surface area contributed by atoms with Gasteiger partial charge in [0.15, 0.2) is 5.82 Å². The molecule has 2 nitrogen and oxygen atoms in total. The normalized spacial score (nSPS) is 11.3. The van der Waals surface area contributed by atoms with Crippen LogP contribution in [0.4, 0.5) is 0 Å². The van der Waals surface area contributed by atoms with Crippen molar-refractivity contribution in [1.82, 2.24) is 9.97 Å². The third-order valence-electron chi connectivity index (χ3n) is 9.34. The second-order valence-electron chi connectivity index (χ2n) is 12.2. The minimum absolute atomic E-state index is 0.709. The summed E-state index contributed by atoms with van der Waals surface area (Å²) in [4.78, 5) is 9.75. The third-order valence-corrected chi connectivity index (χ3v) is 9.34. The summed E-state index contributed by atoms with van der Waals surface area (Å²) in [6.07, 6.45) is 1.86. The van der Waals surface area contributed by atoms with E-state index >= 15 is 0 Å². The average molecular weight is 611 g/mol. The first-order valence-corrected chi connectivity index (χ1v) is 16.3. The predicted octanol–water partition coefficient (Wildman–Crippen LogP) is 12.3. The second kappa shape index (κ2) is 11.8. The van der Waals surface area contributed by atoms with Gasteiger partial charge in [0, 0.05) is 17.3 Å². The van der Waals surface area contributed by atoms with Crippen LogP contribution in [0.1, 0.15) is 0 Å². The fraction of sp³-hybridized carbons (Fsp3) is 0. The number of hydrogen-bond acceptors (Lipinski definition) is 2. The predicted molar refractivity (Wildman–Crippen MR) is 202 cm³/mol. The molecule has 2 heteroatoms. The quantitative estimate of drug-likeness (QED) is 0.181. The average Bonchev–Trinajstić information content (AvgIpc) is 3.18. The Morgan fingerprint density at radius 3 is 1.50 bits per heavy atom. The smallest absolute Gasteiger partial charge is 0.159 e. The van der Waals surface area contributed by atoms with Crippen LogP contribution in [0, 0.1) is 0 Å². The maximum atomic E-state index is 5.04. The highest BCUT2D eigenvalue weighted by Gasteiger charge is 2.13. The molecule has 0 saturated carbocycles. The van der Waals surface area contributed by atoms with Crippen LogP contribution in [-0.4, -0.2) is 9.97 Å². The molecule has 48 heavy (non-hydrogen) atoms. The van der Waals surface area contributed by atoms with Gasteiger partial charge in [-0.15, -0.1) is 0 Å². The Labute approximate surface area is 279 Å². The molecule has 0 radical (unpaired) electrons. The molecule has 0 atom stereocenters. The molecule has 1 aromatic heterocycles. The van der Waals surface area contributed by atoms with Crippen LogP contribution in [0.15, 0.2) is 182 Å². The zero-order valence-electron chi connectivity index (χ0n) is 26.2. The molecule has 1 heterocycles. The summed E-state index contributed by atoms with van der Waals surface area (Å²) >= 11 is 0. The number of nitrogens with zero attached hydrogens (tertiary/aromatic N) is 2. The van der Waals surface area contributed by atoms with E-state index in [1.165, 1.54) is 60.1 Å². The molecule has 0 aliphatic carbocycles. The molecule has 0 N–H and O–H groups in total. The molecule has 0 saturated heterocycles. The standard InChI is InChI=1S/C46H30N2/c1-2-12-31(13-3-1)32-14-10-16-35(28-32)45-26-27-47-46(48-45)36-17-11-15-33(29-36)37-18-4-5-19-38(37)34-24-25-43-41-22-7-6-20-39(41)40-21-8-9-23-42(40)44(43)30-34/h1-30H. The van der Waals surface area contributed by atoms with Gasteiger partial charge in [0.1, 0.15) is 0 Å². The molecule has 0 unspecified atom stereocenters. The van der Waals surface area contributed by atoms with E-state index in [0.717, 1.165) is 22.4 Å². The van der Waals surface area contributed by atoms with E-state index in [-0.39, 0.29) is 0 Å². The summed E-state index contributed by atoms with van der Waals surface area (Å²) in [5.74, 6) is 0.709. The number of aromatic nitrogens is 2. The highest BCUT2D eigenvalue weighted by Crippen LogP contribution is 2.39. The van der Waals surface area contributed by atoms with Gasteiger partial charge in [-0.1, -0.05) is 152 Å². The van der Waals surface area contributed by atoms with Crippen molar-refractivity contribution in [2.24, 2.45) is 0 Å². The van der Waals surface area contributed by atoms with Crippen molar-refractivity contribution in [2.45, 2.75) is 0 Å². The Kier molecular flexibility index (Phi) is 6.84. The second-order valence-corrected chi connectivity index (χ2v) is 12.2. The molecule has 0 aliphatic heterocycles. The van der Waals surface area contributed by atoms with Crippen LogP contribution >= 0.6 is 0 Å². The van der Waals surface area contributed by atoms with Gasteiger partial charge in [-0.25, -0.2) is 9.97 Å². The maximum Gasteiger partial charge on any atom is 0.159 e. The van der Waals surface area contributed by atoms with Crippen molar-refractivity contribution in [3.8, 4) is 56.0 Å². The number of hydrogen-bond donors (Lipinski definition) is 0. The van der Waals surface area contributed by atoms with Crippen molar-refractivity contribution < 1.29 is 0 Å². The molecular formula is C46H30N2. The van der Waals surface area contributed by atoms with Gasteiger partial charge in [-0.05, 0) is 90.0 Å². The SMILES string of the molecule is c1ccc(-c2cccc(-c3ccnc(-c4cccc(-c5ccccc5-c5ccc6c7ccccc7c7ccccc7c6c5)c4)n3)c2)cc1. The first-order chi connectivity index (χ1) is 23.8. The summed E-state index contributed by atoms with van der Waals surface area (Å²) < 4.78 is 0. The van der Waals surface area contributed by atoms with Gasteiger partial charge in [0.05, 0.1) is 5.69 Å². The minimum Gasteiger partial charge on any atom is -0.237 e. The van der Waals surface area contributed by atoms with E-state index in [2.05, 4.69) is 164 Å². The van der Waals surface area contributed by atoms with Gasteiger partial charge < -0.3 is 0 Å². The highest BCUT2D eigenvalue weighted by molar-refractivity contribution is 6.25. The summed E-state index contributed by atoms with van der Waals surface area (Å²) in [6, 6.07) is 62.7. The number of benzene rings is 8. The lowest BCUT2D eigenvalue weighted by Crippen LogP contribution is -1.93. The highest BCUT2D eigenvalue weighted by atomic mass is 14.9. The lowest BCUT2D eigenvalue weighted by molar-refractivity contribution is 1.18.